The van der Waals surface area contributed by atoms with Crippen LogP contribution in [0.1, 0.15) is 44.5 Å². The number of carbonyl (C=O) groups is 4. The van der Waals surface area contributed by atoms with Crippen LogP contribution >= 0.6 is 0 Å². The van der Waals surface area contributed by atoms with Crippen molar-refractivity contribution in [1.29, 1.82) is 0 Å². The molecule has 0 aliphatic heterocycles. The number of benzene rings is 13. The summed E-state index contributed by atoms with van der Waals surface area (Å²) in [6, 6.07) is 92.5. The number of aryl methyl sites for hydroxylation is 3. The van der Waals surface area contributed by atoms with E-state index in [1.165, 1.54) is 4.68 Å². The number of carbonyl (C=O) groups excluding carboxylic acids is 4. The second kappa shape index (κ2) is 39.8. The molecule has 0 aliphatic rings. The van der Waals surface area contributed by atoms with Crippen LogP contribution in [-0.2, 0) is 19.2 Å². The lowest BCUT2D eigenvalue weighted by molar-refractivity contribution is -0.131. The molecule has 22 heteroatoms. The molecule has 0 saturated carbocycles. The van der Waals surface area contributed by atoms with Crippen LogP contribution in [0.25, 0.3) is 38.0 Å². The van der Waals surface area contributed by atoms with Gasteiger partial charge in [-0.3, -0.25) is 4.79 Å². The molecule has 572 valence electrons. The molecule has 0 fully saturated rings. The third-order valence-electron chi connectivity index (χ3n) is 16.9. The zero-order valence-electron chi connectivity index (χ0n) is 64.7. The summed E-state index contributed by atoms with van der Waals surface area (Å²) < 4.78 is 18.0. The number of hydrogen-bond acceptors (Lipinski definition) is 20. The largest absolute Gasteiger partial charge is 0.421 e. The first-order chi connectivity index (χ1) is 56.2. The van der Waals surface area contributed by atoms with Crippen molar-refractivity contribution in [3.05, 3.63) is 363 Å². The molecule has 0 spiro atoms. The van der Waals surface area contributed by atoms with Crippen molar-refractivity contribution in [1.82, 2.24) is 9.78 Å². The van der Waals surface area contributed by atoms with Gasteiger partial charge in [0.05, 0.1) is 62.6 Å². The average Bonchev–Trinajstić information content (AvgIpc) is 1.36. The van der Waals surface area contributed by atoms with Crippen molar-refractivity contribution in [2.24, 2.45) is 61.4 Å². The van der Waals surface area contributed by atoms with Gasteiger partial charge in [0.2, 0.25) is 0 Å². The van der Waals surface area contributed by atoms with Gasteiger partial charge in [-0.05, 0) is 192 Å². The summed E-state index contributed by atoms with van der Waals surface area (Å²) in [4.78, 5) is 48.2. The number of anilines is 1. The van der Waals surface area contributed by atoms with Gasteiger partial charge in [-0.2, -0.15) is 50.7 Å². The molecule has 0 saturated heterocycles. The first-order valence-electron chi connectivity index (χ1n) is 36.5. The summed E-state index contributed by atoms with van der Waals surface area (Å²) in [7, 11) is 0. The third kappa shape index (κ3) is 22.3. The van der Waals surface area contributed by atoms with E-state index in [2.05, 4.69) is 98.1 Å². The van der Waals surface area contributed by atoms with Crippen LogP contribution in [0.5, 0.6) is 17.4 Å². The van der Waals surface area contributed by atoms with Gasteiger partial charge in [0.15, 0.2) is 17.2 Å². The van der Waals surface area contributed by atoms with Crippen molar-refractivity contribution >= 4 is 130 Å². The fourth-order valence-electron chi connectivity index (χ4n) is 10.8. The normalized spacial score (nSPS) is 11.1. The number of aromatic nitrogens is 2. The summed E-state index contributed by atoms with van der Waals surface area (Å²) in [6.45, 7) is 26.8. The Kier molecular flexibility index (Phi) is 27.9. The van der Waals surface area contributed by atoms with Crippen LogP contribution in [-0.4, -0.2) is 33.6 Å². The zero-order chi connectivity index (χ0) is 81.9. The number of esters is 3. The molecule has 0 aliphatic carbocycles. The molecular formula is C94H79N15O7. The summed E-state index contributed by atoms with van der Waals surface area (Å²) in [5.41, 5.74) is 13.3. The number of azo groups is 6. The monoisotopic (exact) mass is 1530 g/mol. The van der Waals surface area contributed by atoms with Gasteiger partial charge < -0.3 is 19.5 Å². The maximum absolute atomic E-state index is 12.1. The number of nitrogens with zero attached hydrogens (tertiary/aromatic N) is 14. The van der Waals surface area contributed by atoms with E-state index in [-0.39, 0.29) is 17.4 Å². The van der Waals surface area contributed by atoms with E-state index in [0.717, 1.165) is 83.3 Å². The molecule has 22 nitrogen and oxygen atoms in total. The van der Waals surface area contributed by atoms with E-state index < -0.39 is 17.9 Å². The second-order valence-electron chi connectivity index (χ2n) is 26.2. The number of amides is 1. The Labute approximate surface area is 670 Å². The van der Waals surface area contributed by atoms with Gasteiger partial charge >= 0.3 is 17.9 Å². The van der Waals surface area contributed by atoms with Crippen LogP contribution in [0.2, 0.25) is 0 Å². The Bertz CT molecular complexity index is 6160. The molecular weight excluding hydrogens is 1450 g/mol. The van der Waals surface area contributed by atoms with E-state index >= 15 is 0 Å². The highest BCUT2D eigenvalue weighted by molar-refractivity contribution is 6.10. The highest BCUT2D eigenvalue weighted by Gasteiger charge is 2.23. The number of nitrogens with one attached hydrogen (secondary N) is 1. The van der Waals surface area contributed by atoms with Crippen LogP contribution in [0.4, 0.5) is 73.9 Å². The Hall–Kier alpha value is -15.7. The molecule has 0 bridgehead atoms. The quantitative estimate of drug-likeness (QED) is 0.0312. The molecule has 0 atom stereocenters. The molecule has 116 heavy (non-hydrogen) atoms. The molecule has 1 amide bonds. The first kappa shape index (κ1) is 81.3. The standard InChI is InChI=1S/C28H24N4O2.C26H20N4O2.C20H18N4O2.C20H17N3O/c1-18(2)28(33)34-26-16-13-21-10-6-7-11-23(21)27(26)32-31-25-15-14-22(17-20(25)4)29-30-24-12-8-5-9-19(24)3;1-18(2)26(31)32-24-17-12-19-8-6-7-11-23(19)25(24)30-29-22-15-13-21(14-16-22)28-27-20-9-4-3-5-10-20;1-14(2)20(25)26-19-18(22-21-16-10-6-4-7-11-16)15(3)23-24(19)17-12-8-5-9-13-17;1-14(2)20(24)21-18-12-13-19(17-11-7-6-10-16(17)18)23-22-15-8-4-3-5-9-15/h5-17H,1H2,2-4H3;3-17H,1H2,2H3;4-13H,1H2,2-3H3;3-13H,1H2,2H3,(H,21,24). The van der Waals surface area contributed by atoms with Gasteiger partial charge in [0.25, 0.3) is 11.8 Å². The fraction of sp³-hybridized carbons (Fsp3) is 0.0745. The Morgan fingerprint density at radius 3 is 1.19 bits per heavy atom. The SMILES string of the molecule is C=C(C)C(=O)Nc1ccc(N=Nc2ccccc2)c2ccccc12.C=C(C)C(=O)Oc1c(N=Nc2ccccc2)c(C)nn1-c1ccccc1.C=C(C)C(=O)Oc1ccc2ccccc2c1N=Nc1ccc(N=Nc2ccccc2)cc1.C=C(C)C(=O)Oc1ccc2ccccc2c1N=Nc1ccc(N=Nc2ccccc2C)cc1C. The molecule has 0 radical (unpaired) electrons. The topological polar surface area (TPSA) is 274 Å². The zero-order valence-corrected chi connectivity index (χ0v) is 64.7. The summed E-state index contributed by atoms with van der Waals surface area (Å²) in [5, 5.41) is 64.7. The van der Waals surface area contributed by atoms with Gasteiger partial charge in [-0.25, -0.2) is 14.4 Å². The minimum absolute atomic E-state index is 0.196. The molecule has 14 rings (SSSR count). The number of hydrogen-bond donors (Lipinski definition) is 1. The lowest BCUT2D eigenvalue weighted by Gasteiger charge is -2.10. The molecule has 1 heterocycles. The van der Waals surface area contributed by atoms with Crippen LogP contribution in [0.15, 0.2) is 407 Å². The Morgan fingerprint density at radius 2 is 0.690 bits per heavy atom. The van der Waals surface area contributed by atoms with Gasteiger partial charge in [-0.15, -0.1) is 20.5 Å². The Morgan fingerprint density at radius 1 is 0.319 bits per heavy atom. The predicted molar refractivity (Wildman–Crippen MR) is 458 cm³/mol. The number of rotatable bonds is 21. The highest BCUT2D eigenvalue weighted by atomic mass is 16.5. The Balaban J connectivity index is 0.000000153. The van der Waals surface area contributed by atoms with Gasteiger partial charge in [0.1, 0.15) is 11.4 Å². The van der Waals surface area contributed by atoms with Crippen molar-refractivity contribution in [3.63, 3.8) is 0 Å². The summed E-state index contributed by atoms with van der Waals surface area (Å²) in [6.07, 6.45) is 0. The second-order valence-corrected chi connectivity index (χ2v) is 26.2. The smallest absolute Gasteiger partial charge is 0.339 e. The van der Waals surface area contributed by atoms with Crippen molar-refractivity contribution in [2.75, 3.05) is 5.32 Å². The van der Waals surface area contributed by atoms with Crippen molar-refractivity contribution < 1.29 is 33.4 Å². The van der Waals surface area contributed by atoms with E-state index in [4.69, 9.17) is 14.2 Å². The summed E-state index contributed by atoms with van der Waals surface area (Å²) >= 11 is 0. The maximum Gasteiger partial charge on any atom is 0.339 e. The maximum atomic E-state index is 12.1. The molecule has 1 aromatic heterocycles. The first-order valence-corrected chi connectivity index (χ1v) is 36.5. The molecule has 1 N–H and O–H groups in total. The van der Waals surface area contributed by atoms with Crippen LogP contribution in [0, 0.1) is 20.8 Å². The molecule has 13 aromatic carbocycles. The van der Waals surface area contributed by atoms with Gasteiger partial charge in [0, 0.05) is 49.5 Å². The average molecular weight is 1530 g/mol. The lowest BCUT2D eigenvalue weighted by atomic mass is 10.1. The van der Waals surface area contributed by atoms with E-state index in [1.54, 1.807) is 58.9 Å². The number of ether oxygens (including phenoxy) is 3. The molecule has 0 unspecified atom stereocenters. The summed E-state index contributed by atoms with van der Waals surface area (Å²) in [5.74, 6) is -0.889. The van der Waals surface area contributed by atoms with Crippen LogP contribution in [0.3, 0.4) is 0 Å². The lowest BCUT2D eigenvalue weighted by Crippen LogP contribution is -2.11. The predicted octanol–water partition coefficient (Wildman–Crippen LogP) is 27.8. The van der Waals surface area contributed by atoms with Crippen molar-refractivity contribution in [2.45, 2.75) is 48.5 Å². The minimum atomic E-state index is -0.543. The minimum Gasteiger partial charge on any atom is -0.421 e. The van der Waals surface area contributed by atoms with Crippen molar-refractivity contribution in [3.8, 4) is 23.1 Å². The van der Waals surface area contributed by atoms with Gasteiger partial charge in [-0.1, -0.05) is 202 Å². The molecule has 14 aromatic rings. The number of fused-ring (bicyclic) bond motifs is 3. The van der Waals surface area contributed by atoms with Crippen LogP contribution < -0.4 is 19.5 Å². The fourth-order valence-corrected chi connectivity index (χ4v) is 10.8. The van der Waals surface area contributed by atoms with E-state index in [9.17, 15) is 19.2 Å². The van der Waals surface area contributed by atoms with E-state index in [0.29, 0.717) is 73.7 Å². The highest BCUT2D eigenvalue weighted by Crippen LogP contribution is 2.42. The number of para-hydroxylation sites is 1. The van der Waals surface area contributed by atoms with E-state index in [1.807, 2.05) is 287 Å². The third-order valence-corrected chi connectivity index (χ3v) is 16.9.